The largest absolute Gasteiger partial charge is 0.324 e. The second-order valence-electron chi connectivity index (χ2n) is 6.86. The van der Waals surface area contributed by atoms with Crippen molar-refractivity contribution in [2.75, 3.05) is 18.1 Å². The normalized spacial score (nSPS) is 15.7. The Labute approximate surface area is 178 Å². The summed E-state index contributed by atoms with van der Waals surface area (Å²) in [4.78, 5) is 29.3. The van der Waals surface area contributed by atoms with Crippen molar-refractivity contribution in [3.63, 3.8) is 0 Å². The maximum absolute atomic E-state index is 14.0. The summed E-state index contributed by atoms with van der Waals surface area (Å²) in [6, 6.07) is 4.64. The van der Waals surface area contributed by atoms with Crippen LogP contribution in [0.2, 0.25) is 5.02 Å². The van der Waals surface area contributed by atoms with Crippen LogP contribution in [0.15, 0.2) is 35.1 Å². The molecule has 10 heteroatoms. The van der Waals surface area contributed by atoms with E-state index in [2.05, 4.69) is 10.3 Å². The standard InChI is InChI=1S/C20H15ClF3N3O2S/c1-27(20(29)25-9-2-3-13(22)12(21)4-9)17-8-30-7-16-18(17)10-5-14(23)15(24)6-11(10)19(28)26-16/h2-6,17H,7-8H2,1H3,(H,25,29)(H,26,28)/t17-/m1/s1. The molecule has 0 saturated heterocycles. The van der Waals surface area contributed by atoms with Gasteiger partial charge in [0, 0.05) is 35.5 Å². The molecule has 0 spiro atoms. The van der Waals surface area contributed by atoms with Crippen LogP contribution in [0.5, 0.6) is 0 Å². The van der Waals surface area contributed by atoms with E-state index in [0.29, 0.717) is 28.5 Å². The van der Waals surface area contributed by atoms with Gasteiger partial charge in [-0.05, 0) is 35.7 Å². The summed E-state index contributed by atoms with van der Waals surface area (Å²) in [7, 11) is 1.55. The third-order valence-electron chi connectivity index (χ3n) is 5.00. The van der Waals surface area contributed by atoms with Gasteiger partial charge in [0.25, 0.3) is 5.56 Å². The average molecular weight is 454 g/mol. The molecule has 156 valence electrons. The number of amides is 2. The third-order valence-corrected chi connectivity index (χ3v) is 6.33. The summed E-state index contributed by atoms with van der Waals surface area (Å²) < 4.78 is 41.0. The zero-order valence-corrected chi connectivity index (χ0v) is 17.1. The number of urea groups is 1. The minimum atomic E-state index is -1.12. The van der Waals surface area contributed by atoms with Gasteiger partial charge < -0.3 is 15.2 Å². The molecule has 2 heterocycles. The second kappa shape index (κ2) is 7.88. The van der Waals surface area contributed by atoms with Gasteiger partial charge in [-0.15, -0.1) is 0 Å². The molecule has 2 amide bonds. The number of aromatic amines is 1. The smallest absolute Gasteiger partial charge is 0.322 e. The van der Waals surface area contributed by atoms with Gasteiger partial charge in [-0.3, -0.25) is 4.79 Å². The van der Waals surface area contributed by atoms with Crippen LogP contribution in [0, 0.1) is 17.5 Å². The van der Waals surface area contributed by atoms with Crippen LogP contribution in [0.1, 0.15) is 17.3 Å². The number of pyridine rings is 1. The van der Waals surface area contributed by atoms with Gasteiger partial charge in [0.1, 0.15) is 5.82 Å². The number of rotatable bonds is 2. The molecule has 0 saturated carbocycles. The van der Waals surface area contributed by atoms with Gasteiger partial charge in [0.2, 0.25) is 0 Å². The highest BCUT2D eigenvalue weighted by molar-refractivity contribution is 7.98. The topological polar surface area (TPSA) is 65.2 Å². The number of aromatic nitrogens is 1. The molecule has 2 N–H and O–H groups in total. The van der Waals surface area contributed by atoms with Gasteiger partial charge in [0.05, 0.1) is 16.5 Å². The van der Waals surface area contributed by atoms with E-state index in [0.717, 1.165) is 18.2 Å². The molecule has 4 rings (SSSR count). The number of carbonyl (C=O) groups is 1. The number of hydrogen-bond donors (Lipinski definition) is 2. The van der Waals surface area contributed by atoms with Gasteiger partial charge in [0.15, 0.2) is 11.6 Å². The minimum Gasteiger partial charge on any atom is -0.324 e. The van der Waals surface area contributed by atoms with E-state index in [9.17, 15) is 22.8 Å². The van der Waals surface area contributed by atoms with Crippen molar-refractivity contribution in [1.29, 1.82) is 0 Å². The predicted molar refractivity (Wildman–Crippen MR) is 112 cm³/mol. The van der Waals surface area contributed by atoms with Gasteiger partial charge in [-0.2, -0.15) is 11.8 Å². The fourth-order valence-electron chi connectivity index (χ4n) is 3.47. The van der Waals surface area contributed by atoms with E-state index in [4.69, 9.17) is 11.6 Å². The molecule has 1 atom stereocenters. The Morgan fingerprint density at radius 1 is 1.17 bits per heavy atom. The molecule has 1 aliphatic rings. The lowest BCUT2D eigenvalue weighted by Crippen LogP contribution is -2.38. The van der Waals surface area contributed by atoms with Gasteiger partial charge in [-0.25, -0.2) is 18.0 Å². The number of nitrogens with one attached hydrogen (secondary N) is 2. The van der Waals surface area contributed by atoms with Crippen molar-refractivity contribution >= 4 is 45.9 Å². The molecule has 0 bridgehead atoms. The number of carbonyl (C=O) groups excluding carboxylic acids is 1. The molecule has 2 aromatic carbocycles. The van der Waals surface area contributed by atoms with Crippen LogP contribution in [-0.2, 0) is 5.75 Å². The van der Waals surface area contributed by atoms with Crippen LogP contribution >= 0.6 is 23.4 Å². The van der Waals surface area contributed by atoms with Crippen molar-refractivity contribution in [2.24, 2.45) is 0 Å². The van der Waals surface area contributed by atoms with E-state index in [1.54, 1.807) is 7.05 Å². The highest BCUT2D eigenvalue weighted by Gasteiger charge is 2.31. The number of thioether (sulfide) groups is 1. The van der Waals surface area contributed by atoms with Crippen LogP contribution in [0.3, 0.4) is 0 Å². The molecule has 30 heavy (non-hydrogen) atoms. The molecule has 0 aliphatic carbocycles. The molecule has 0 unspecified atom stereocenters. The monoisotopic (exact) mass is 453 g/mol. The van der Waals surface area contributed by atoms with Gasteiger partial charge in [-0.1, -0.05) is 11.6 Å². The highest BCUT2D eigenvalue weighted by atomic mass is 35.5. The first kappa shape index (κ1) is 20.6. The maximum atomic E-state index is 14.0. The molecule has 0 fully saturated rings. The van der Waals surface area contributed by atoms with E-state index in [1.807, 2.05) is 0 Å². The first-order valence-corrected chi connectivity index (χ1v) is 10.4. The number of benzene rings is 2. The zero-order chi connectivity index (χ0) is 21.6. The van der Waals surface area contributed by atoms with E-state index in [-0.39, 0.29) is 15.8 Å². The molecule has 1 aromatic heterocycles. The van der Waals surface area contributed by atoms with Crippen LogP contribution in [0.4, 0.5) is 23.7 Å². The first-order chi connectivity index (χ1) is 14.3. The lowest BCUT2D eigenvalue weighted by atomic mass is 9.97. The van der Waals surface area contributed by atoms with Crippen molar-refractivity contribution in [2.45, 2.75) is 11.8 Å². The summed E-state index contributed by atoms with van der Waals surface area (Å²) in [5, 5.41) is 2.79. The van der Waals surface area contributed by atoms with Crippen molar-refractivity contribution in [1.82, 2.24) is 9.88 Å². The van der Waals surface area contributed by atoms with Gasteiger partial charge >= 0.3 is 6.03 Å². The Morgan fingerprint density at radius 3 is 2.57 bits per heavy atom. The molecule has 1 aliphatic heterocycles. The Morgan fingerprint density at radius 2 is 1.87 bits per heavy atom. The predicted octanol–water partition coefficient (Wildman–Crippen LogP) is 5.05. The number of anilines is 1. The van der Waals surface area contributed by atoms with E-state index < -0.39 is 35.1 Å². The molecular weight excluding hydrogens is 439 g/mol. The SMILES string of the molecule is CN(C(=O)Nc1ccc(F)c(Cl)c1)[C@@H]1CSCc2[nH]c(=O)c3cc(F)c(F)cc3c21. The molecular formula is C20H15ClF3N3O2S. The fraction of sp³-hybridized carbons (Fsp3) is 0.200. The Kier molecular flexibility index (Phi) is 5.42. The number of fused-ring (bicyclic) bond motifs is 3. The first-order valence-electron chi connectivity index (χ1n) is 8.86. The van der Waals surface area contributed by atoms with Crippen LogP contribution in [0.25, 0.3) is 10.8 Å². The molecule has 3 aromatic rings. The summed E-state index contributed by atoms with van der Waals surface area (Å²) in [5.74, 6) is -1.83. The Balaban J connectivity index is 1.73. The lowest BCUT2D eigenvalue weighted by Gasteiger charge is -2.33. The van der Waals surface area contributed by atoms with Crippen molar-refractivity contribution < 1.29 is 18.0 Å². The Hall–Kier alpha value is -2.65. The third kappa shape index (κ3) is 3.63. The molecule has 5 nitrogen and oxygen atoms in total. The fourth-order valence-corrected chi connectivity index (χ4v) is 4.82. The number of nitrogens with zero attached hydrogens (tertiary/aromatic N) is 1. The van der Waals surface area contributed by atoms with Crippen molar-refractivity contribution in [3.8, 4) is 0 Å². The van der Waals surface area contributed by atoms with Crippen LogP contribution in [-0.4, -0.2) is 28.7 Å². The quantitative estimate of drug-likeness (QED) is 0.570. The molecule has 0 radical (unpaired) electrons. The lowest BCUT2D eigenvalue weighted by molar-refractivity contribution is 0.209. The number of H-pyrrole nitrogens is 1. The Bertz CT molecular complexity index is 1230. The average Bonchev–Trinajstić information content (AvgIpc) is 2.71. The maximum Gasteiger partial charge on any atom is 0.322 e. The minimum absolute atomic E-state index is 0.0173. The van der Waals surface area contributed by atoms with E-state index >= 15 is 0 Å². The second-order valence-corrected chi connectivity index (χ2v) is 8.30. The van der Waals surface area contributed by atoms with E-state index in [1.165, 1.54) is 28.8 Å². The van der Waals surface area contributed by atoms with Crippen LogP contribution < -0.4 is 10.9 Å². The summed E-state index contributed by atoms with van der Waals surface area (Å²) in [6.45, 7) is 0. The summed E-state index contributed by atoms with van der Waals surface area (Å²) >= 11 is 7.25. The number of hydrogen-bond acceptors (Lipinski definition) is 3. The zero-order valence-electron chi connectivity index (χ0n) is 15.6. The summed E-state index contributed by atoms with van der Waals surface area (Å²) in [6.07, 6.45) is 0. The highest BCUT2D eigenvalue weighted by Crippen LogP contribution is 2.38. The number of halogens is 4. The summed E-state index contributed by atoms with van der Waals surface area (Å²) in [5.41, 5.74) is 0.916. The van der Waals surface area contributed by atoms with Crippen molar-refractivity contribution in [3.05, 3.63) is 74.4 Å².